The zero-order chi connectivity index (χ0) is 17.5. The van der Waals surface area contributed by atoms with Gasteiger partial charge in [-0.3, -0.25) is 4.79 Å². The molecule has 2 aromatic carbocycles. The van der Waals surface area contributed by atoms with Crippen LogP contribution in [0, 0.1) is 11.3 Å². The average molecular weight is 363 g/mol. The van der Waals surface area contributed by atoms with Crippen molar-refractivity contribution >= 4 is 29.1 Å². The lowest BCUT2D eigenvalue weighted by atomic mass is 10.2. The third kappa shape index (κ3) is 4.64. The Morgan fingerprint density at radius 2 is 1.96 bits per heavy atom. The number of nitrogens with zero attached hydrogens (tertiary/aromatic N) is 2. The van der Waals surface area contributed by atoms with Gasteiger partial charge in [0.2, 0.25) is 0 Å². The first kappa shape index (κ1) is 18.1. The molecule has 0 saturated carbocycles. The Morgan fingerprint density at radius 1 is 1.21 bits per heavy atom. The minimum atomic E-state index is -0.170. The molecule has 0 fully saturated rings. The summed E-state index contributed by atoms with van der Waals surface area (Å²) in [6.07, 6.45) is 0. The molecular weight excluding hydrogens is 347 g/mol. The fourth-order valence-corrected chi connectivity index (χ4v) is 2.47. The van der Waals surface area contributed by atoms with Gasteiger partial charge >= 0.3 is 0 Å². The van der Waals surface area contributed by atoms with Crippen molar-refractivity contribution in [1.29, 1.82) is 5.26 Å². The van der Waals surface area contributed by atoms with Crippen molar-refractivity contribution in [2.45, 2.75) is 13.5 Å². The highest BCUT2D eigenvalue weighted by Gasteiger charge is 2.14. The Labute approximate surface area is 151 Å². The minimum absolute atomic E-state index is 0.131. The molecule has 124 valence electrons. The molecule has 0 unspecified atom stereocenters. The van der Waals surface area contributed by atoms with E-state index < -0.39 is 0 Å². The van der Waals surface area contributed by atoms with Gasteiger partial charge in [-0.15, -0.1) is 0 Å². The molecule has 0 aromatic heterocycles. The van der Waals surface area contributed by atoms with Crippen LogP contribution in [0.25, 0.3) is 0 Å². The number of ether oxygens (including phenoxy) is 1. The van der Waals surface area contributed by atoms with E-state index in [1.54, 1.807) is 41.3 Å². The van der Waals surface area contributed by atoms with Crippen molar-refractivity contribution in [3.05, 3.63) is 63.6 Å². The summed E-state index contributed by atoms with van der Waals surface area (Å²) in [5, 5.41) is 9.97. The highest BCUT2D eigenvalue weighted by atomic mass is 35.5. The van der Waals surface area contributed by atoms with Crippen molar-refractivity contribution in [2.24, 2.45) is 0 Å². The summed E-state index contributed by atoms with van der Waals surface area (Å²) in [4.78, 5) is 14.0. The average Bonchev–Trinajstić information content (AvgIpc) is 2.60. The van der Waals surface area contributed by atoms with Gasteiger partial charge < -0.3 is 9.64 Å². The molecule has 0 spiro atoms. The summed E-state index contributed by atoms with van der Waals surface area (Å²) in [7, 11) is 0. The summed E-state index contributed by atoms with van der Waals surface area (Å²) in [6.45, 7) is 2.70. The molecule has 4 nitrogen and oxygen atoms in total. The van der Waals surface area contributed by atoms with Crippen molar-refractivity contribution in [1.82, 2.24) is 4.90 Å². The maximum absolute atomic E-state index is 12.4. The lowest BCUT2D eigenvalue weighted by Crippen LogP contribution is -2.34. The van der Waals surface area contributed by atoms with E-state index in [0.29, 0.717) is 34.4 Å². The number of benzene rings is 2. The van der Waals surface area contributed by atoms with Crippen LogP contribution in [0.2, 0.25) is 10.0 Å². The first-order chi connectivity index (χ1) is 11.5. The van der Waals surface area contributed by atoms with E-state index in [1.165, 1.54) is 0 Å². The van der Waals surface area contributed by atoms with Gasteiger partial charge in [0, 0.05) is 13.1 Å². The van der Waals surface area contributed by atoms with Crippen LogP contribution < -0.4 is 4.74 Å². The number of carbonyl (C=O) groups excluding carboxylic acids is 1. The first-order valence-corrected chi connectivity index (χ1v) is 8.14. The topological polar surface area (TPSA) is 53.3 Å². The summed E-state index contributed by atoms with van der Waals surface area (Å²) < 4.78 is 5.49. The predicted molar refractivity (Wildman–Crippen MR) is 94.2 cm³/mol. The quantitative estimate of drug-likeness (QED) is 0.769. The zero-order valence-electron chi connectivity index (χ0n) is 13.1. The molecule has 0 aliphatic rings. The third-order valence-corrected chi connectivity index (χ3v) is 4.19. The molecule has 0 heterocycles. The number of halogens is 2. The molecule has 0 atom stereocenters. The van der Waals surface area contributed by atoms with Gasteiger partial charge in [-0.05, 0) is 36.8 Å². The number of carbonyl (C=O) groups is 1. The van der Waals surface area contributed by atoms with Gasteiger partial charge in [0.25, 0.3) is 5.91 Å². The minimum Gasteiger partial charge on any atom is -0.482 e. The predicted octanol–water partition coefficient (Wildman–Crippen LogP) is 4.29. The van der Waals surface area contributed by atoms with Gasteiger partial charge in [-0.25, -0.2) is 0 Å². The Hall–Kier alpha value is -2.22. The van der Waals surface area contributed by atoms with E-state index in [-0.39, 0.29) is 12.5 Å². The lowest BCUT2D eigenvalue weighted by molar-refractivity contribution is -0.133. The number of para-hydroxylation sites is 1. The summed E-state index contributed by atoms with van der Waals surface area (Å²) >= 11 is 11.9. The second kappa shape index (κ2) is 8.58. The second-order valence-corrected chi connectivity index (χ2v) is 5.87. The van der Waals surface area contributed by atoms with Crippen LogP contribution >= 0.6 is 23.2 Å². The van der Waals surface area contributed by atoms with Crippen molar-refractivity contribution < 1.29 is 9.53 Å². The van der Waals surface area contributed by atoms with E-state index in [4.69, 9.17) is 33.2 Å². The number of amides is 1. The molecule has 0 saturated heterocycles. The van der Waals surface area contributed by atoms with E-state index in [9.17, 15) is 4.79 Å². The van der Waals surface area contributed by atoms with Crippen molar-refractivity contribution in [2.75, 3.05) is 13.2 Å². The van der Waals surface area contributed by atoms with Crippen LogP contribution in [0.5, 0.6) is 5.75 Å². The molecule has 0 aliphatic carbocycles. The van der Waals surface area contributed by atoms with E-state index >= 15 is 0 Å². The maximum Gasteiger partial charge on any atom is 0.260 e. The summed E-state index contributed by atoms with van der Waals surface area (Å²) in [6, 6.07) is 14.1. The largest absolute Gasteiger partial charge is 0.482 e. The van der Waals surface area contributed by atoms with Crippen LogP contribution in [0.15, 0.2) is 42.5 Å². The lowest BCUT2D eigenvalue weighted by Gasteiger charge is -2.21. The van der Waals surface area contributed by atoms with Gasteiger partial charge in [0.1, 0.15) is 11.8 Å². The van der Waals surface area contributed by atoms with Gasteiger partial charge in [0.15, 0.2) is 6.61 Å². The molecule has 24 heavy (non-hydrogen) atoms. The monoisotopic (exact) mass is 362 g/mol. The molecule has 2 rings (SSSR count). The fraction of sp³-hybridized carbons (Fsp3) is 0.222. The van der Waals surface area contributed by atoms with E-state index in [2.05, 4.69) is 0 Å². The van der Waals surface area contributed by atoms with Crippen LogP contribution in [0.3, 0.4) is 0 Å². The third-order valence-electron chi connectivity index (χ3n) is 3.45. The molecule has 0 radical (unpaired) electrons. The first-order valence-electron chi connectivity index (χ1n) is 7.38. The SMILES string of the molecule is CCN(Cc1ccc(Cl)c(Cl)c1)C(=O)COc1ccccc1C#N. The Bertz CT molecular complexity index is 772. The molecule has 0 bridgehead atoms. The Kier molecular flexibility index (Phi) is 6.48. The summed E-state index contributed by atoms with van der Waals surface area (Å²) in [5.41, 5.74) is 1.29. The maximum atomic E-state index is 12.4. The molecule has 0 N–H and O–H groups in total. The molecule has 6 heteroatoms. The Morgan fingerprint density at radius 3 is 2.62 bits per heavy atom. The van der Waals surface area contributed by atoms with E-state index in [0.717, 1.165) is 5.56 Å². The van der Waals surface area contributed by atoms with Crippen molar-refractivity contribution in [3.63, 3.8) is 0 Å². The number of hydrogen-bond donors (Lipinski definition) is 0. The number of hydrogen-bond acceptors (Lipinski definition) is 3. The van der Waals surface area contributed by atoms with Gasteiger partial charge in [-0.1, -0.05) is 41.4 Å². The normalized spacial score (nSPS) is 10.1. The molecule has 1 amide bonds. The number of nitriles is 1. The van der Waals surface area contributed by atoms with Crippen molar-refractivity contribution in [3.8, 4) is 11.8 Å². The highest BCUT2D eigenvalue weighted by Crippen LogP contribution is 2.23. The van der Waals surface area contributed by atoms with Crippen LogP contribution in [-0.2, 0) is 11.3 Å². The van der Waals surface area contributed by atoms with Gasteiger partial charge in [0.05, 0.1) is 15.6 Å². The second-order valence-electron chi connectivity index (χ2n) is 5.05. The Balaban J connectivity index is 2.01. The molecular formula is C18H16Cl2N2O2. The molecule has 2 aromatic rings. The number of rotatable bonds is 6. The molecule has 0 aliphatic heterocycles. The van der Waals surface area contributed by atoms with Crippen LogP contribution in [-0.4, -0.2) is 24.0 Å². The standard InChI is InChI=1S/C18H16Cl2N2O2/c1-2-22(11-13-7-8-15(19)16(20)9-13)18(23)12-24-17-6-4-3-5-14(17)10-21/h3-9H,2,11-12H2,1H3. The van der Waals surface area contributed by atoms with E-state index in [1.807, 2.05) is 19.1 Å². The summed E-state index contributed by atoms with van der Waals surface area (Å²) in [5.74, 6) is 0.232. The number of likely N-dealkylation sites (N-methyl/N-ethyl adjacent to an activating group) is 1. The van der Waals surface area contributed by atoms with Gasteiger partial charge in [-0.2, -0.15) is 5.26 Å². The fourth-order valence-electron chi connectivity index (χ4n) is 2.15. The van der Waals surface area contributed by atoms with Crippen LogP contribution in [0.4, 0.5) is 0 Å². The highest BCUT2D eigenvalue weighted by molar-refractivity contribution is 6.42. The van der Waals surface area contributed by atoms with Crippen LogP contribution in [0.1, 0.15) is 18.1 Å². The zero-order valence-corrected chi connectivity index (χ0v) is 14.6. The smallest absolute Gasteiger partial charge is 0.260 e.